The van der Waals surface area contributed by atoms with Gasteiger partial charge in [0.25, 0.3) is 0 Å². The van der Waals surface area contributed by atoms with Gasteiger partial charge in [-0.05, 0) is 49.8 Å². The van der Waals surface area contributed by atoms with Gasteiger partial charge in [0.15, 0.2) is 11.5 Å². The van der Waals surface area contributed by atoms with Crippen LogP contribution in [0.3, 0.4) is 0 Å². The number of hydrogen-bond donors (Lipinski definition) is 1. The molecule has 0 saturated heterocycles. The maximum atomic E-state index is 12.4. The fourth-order valence-electron chi connectivity index (χ4n) is 2.84. The fraction of sp³-hybridized carbons (Fsp3) is 0.600. The summed E-state index contributed by atoms with van der Waals surface area (Å²) in [5, 5.41) is 0. The number of methoxy groups -OCH3 is 1. The zero-order valence-electron chi connectivity index (χ0n) is 21.5. The van der Waals surface area contributed by atoms with Crippen LogP contribution in [0.4, 0.5) is 4.79 Å². The number of carbonyl (C=O) groups is 4. The Morgan fingerprint density at radius 3 is 1.83 bits per heavy atom. The summed E-state index contributed by atoms with van der Waals surface area (Å²) in [5.41, 5.74) is 6.58. The predicted molar refractivity (Wildman–Crippen MR) is 127 cm³/mol. The van der Waals surface area contributed by atoms with Crippen molar-refractivity contribution in [1.29, 1.82) is 0 Å². The molecular weight excluding hydrogens is 458 g/mol. The molecule has 0 amide bonds. The molecule has 10 nitrogen and oxygen atoms in total. The van der Waals surface area contributed by atoms with Crippen molar-refractivity contribution in [3.63, 3.8) is 0 Å². The minimum Gasteiger partial charge on any atom is -0.458 e. The summed E-state index contributed by atoms with van der Waals surface area (Å²) in [6.45, 7) is 10.6. The van der Waals surface area contributed by atoms with Crippen LogP contribution in [-0.4, -0.2) is 49.4 Å². The Hall–Kier alpha value is -3.14. The van der Waals surface area contributed by atoms with E-state index in [2.05, 4.69) is 4.74 Å². The highest BCUT2D eigenvalue weighted by Gasteiger charge is 2.25. The standard InChI is InChI=1S/C25H37NO9/c1-14(2)10-22(27)34-20-9-8-18(13-21(20)35-23(28)11-15(3)4)12-19(26)24(29)32-16(5)17(6)33-25(30)31-7/h8-9,13-17,19H,10-12,26H2,1-7H3/t16-,17-,19-/m0/s1. The van der Waals surface area contributed by atoms with Crippen LogP contribution in [0.15, 0.2) is 18.2 Å². The SMILES string of the molecule is COC(=O)O[C@@H](C)[C@H](C)OC(=O)[C@@H](N)Cc1ccc(OC(=O)CC(C)C)c(OC(=O)CC(C)C)c1. The number of esters is 3. The van der Waals surface area contributed by atoms with Gasteiger partial charge in [-0.15, -0.1) is 0 Å². The molecule has 196 valence electrons. The van der Waals surface area contributed by atoms with Gasteiger partial charge in [0.05, 0.1) is 7.11 Å². The van der Waals surface area contributed by atoms with Gasteiger partial charge in [-0.25, -0.2) is 4.79 Å². The second kappa shape index (κ2) is 14.3. The van der Waals surface area contributed by atoms with Gasteiger partial charge in [-0.1, -0.05) is 33.8 Å². The highest BCUT2D eigenvalue weighted by Crippen LogP contribution is 2.30. The van der Waals surface area contributed by atoms with Crippen LogP contribution in [-0.2, 0) is 35.0 Å². The molecule has 0 bridgehead atoms. The quantitative estimate of drug-likeness (QED) is 0.338. The van der Waals surface area contributed by atoms with E-state index in [1.807, 2.05) is 27.7 Å². The first-order chi connectivity index (χ1) is 16.3. The zero-order chi connectivity index (χ0) is 26.7. The highest BCUT2D eigenvalue weighted by atomic mass is 16.7. The van der Waals surface area contributed by atoms with Crippen LogP contribution in [0.2, 0.25) is 0 Å². The summed E-state index contributed by atoms with van der Waals surface area (Å²) in [6, 6.07) is 3.59. The molecule has 3 atom stereocenters. The van der Waals surface area contributed by atoms with Gasteiger partial charge in [0.2, 0.25) is 0 Å². The predicted octanol–water partition coefficient (Wildman–Crippen LogP) is 3.56. The van der Waals surface area contributed by atoms with Crippen molar-refractivity contribution in [2.75, 3.05) is 7.11 Å². The largest absolute Gasteiger partial charge is 0.508 e. The number of ether oxygens (including phenoxy) is 5. The number of hydrogen-bond acceptors (Lipinski definition) is 10. The van der Waals surface area contributed by atoms with Crippen LogP contribution < -0.4 is 15.2 Å². The lowest BCUT2D eigenvalue weighted by Gasteiger charge is -2.22. The normalized spacial score (nSPS) is 13.5. The molecule has 10 heteroatoms. The summed E-state index contributed by atoms with van der Waals surface area (Å²) in [4.78, 5) is 48.1. The highest BCUT2D eigenvalue weighted by molar-refractivity contribution is 5.77. The van der Waals surface area contributed by atoms with E-state index in [-0.39, 0.29) is 42.6 Å². The van der Waals surface area contributed by atoms with Gasteiger partial charge in [0, 0.05) is 12.8 Å². The Bertz CT molecular complexity index is 882. The smallest absolute Gasteiger partial charge is 0.458 e. The van der Waals surface area contributed by atoms with E-state index in [0.29, 0.717) is 5.56 Å². The molecule has 1 aromatic carbocycles. The molecule has 0 unspecified atom stereocenters. The molecule has 35 heavy (non-hydrogen) atoms. The summed E-state index contributed by atoms with van der Waals surface area (Å²) in [5.74, 6) is -1.28. The molecule has 2 N–H and O–H groups in total. The maximum absolute atomic E-state index is 12.4. The molecule has 1 aromatic rings. The summed E-state index contributed by atoms with van der Waals surface area (Å²) in [6.07, 6.45) is -1.95. The first-order valence-corrected chi connectivity index (χ1v) is 11.6. The number of rotatable bonds is 12. The lowest BCUT2D eigenvalue weighted by Crippen LogP contribution is -2.39. The summed E-state index contributed by atoms with van der Waals surface area (Å²) < 4.78 is 25.5. The minimum atomic E-state index is -1.05. The molecule has 0 aliphatic rings. The van der Waals surface area contributed by atoms with Crippen LogP contribution >= 0.6 is 0 Å². The third-order valence-corrected chi connectivity index (χ3v) is 4.78. The third-order valence-electron chi connectivity index (χ3n) is 4.78. The summed E-state index contributed by atoms with van der Waals surface area (Å²) >= 11 is 0. The lowest BCUT2D eigenvalue weighted by molar-refractivity contribution is -0.155. The van der Waals surface area contributed by atoms with E-state index in [1.54, 1.807) is 19.9 Å². The Morgan fingerprint density at radius 1 is 0.800 bits per heavy atom. The number of benzene rings is 1. The average molecular weight is 496 g/mol. The molecule has 0 aliphatic heterocycles. The van der Waals surface area contributed by atoms with E-state index in [9.17, 15) is 19.2 Å². The Labute approximate surface area is 206 Å². The maximum Gasteiger partial charge on any atom is 0.508 e. The molecule has 0 aromatic heterocycles. The van der Waals surface area contributed by atoms with Crippen LogP contribution in [0.25, 0.3) is 0 Å². The molecule has 1 rings (SSSR count). The van der Waals surface area contributed by atoms with E-state index >= 15 is 0 Å². The second-order valence-electron chi connectivity index (χ2n) is 9.15. The first kappa shape index (κ1) is 29.9. The molecule has 0 aliphatic carbocycles. The van der Waals surface area contributed by atoms with Gasteiger partial charge >= 0.3 is 24.1 Å². The lowest BCUT2D eigenvalue weighted by atomic mass is 10.1. The summed E-state index contributed by atoms with van der Waals surface area (Å²) in [7, 11) is 1.17. The number of nitrogens with two attached hydrogens (primary N) is 1. The minimum absolute atomic E-state index is 0.0622. The van der Waals surface area contributed by atoms with Crippen molar-refractivity contribution >= 4 is 24.1 Å². The van der Waals surface area contributed by atoms with E-state index in [1.165, 1.54) is 19.2 Å². The van der Waals surface area contributed by atoms with E-state index < -0.39 is 42.3 Å². The zero-order valence-corrected chi connectivity index (χ0v) is 21.5. The van der Waals surface area contributed by atoms with Crippen molar-refractivity contribution in [3.8, 4) is 11.5 Å². The molecule has 0 saturated carbocycles. The Kier molecular flexibility index (Phi) is 12.2. The first-order valence-electron chi connectivity index (χ1n) is 11.6. The topological polar surface area (TPSA) is 140 Å². The van der Waals surface area contributed by atoms with Crippen molar-refractivity contribution in [2.24, 2.45) is 17.6 Å². The Morgan fingerprint density at radius 2 is 1.31 bits per heavy atom. The third kappa shape index (κ3) is 11.2. The van der Waals surface area contributed by atoms with E-state index in [4.69, 9.17) is 24.7 Å². The van der Waals surface area contributed by atoms with Crippen LogP contribution in [0.5, 0.6) is 11.5 Å². The Balaban J connectivity index is 2.95. The van der Waals surface area contributed by atoms with Gasteiger partial charge in [-0.3, -0.25) is 14.4 Å². The van der Waals surface area contributed by atoms with Crippen molar-refractivity contribution in [1.82, 2.24) is 0 Å². The molecular formula is C25H37NO9. The molecule has 0 heterocycles. The number of carbonyl (C=O) groups excluding carboxylic acids is 4. The second-order valence-corrected chi connectivity index (χ2v) is 9.15. The molecule has 0 radical (unpaired) electrons. The van der Waals surface area contributed by atoms with Crippen molar-refractivity contribution < 1.29 is 42.9 Å². The van der Waals surface area contributed by atoms with Crippen LogP contribution in [0.1, 0.15) is 59.9 Å². The van der Waals surface area contributed by atoms with Gasteiger partial charge in [0.1, 0.15) is 18.2 Å². The average Bonchev–Trinajstić information content (AvgIpc) is 2.73. The molecule has 0 fully saturated rings. The van der Waals surface area contributed by atoms with Gasteiger partial charge in [-0.2, -0.15) is 0 Å². The van der Waals surface area contributed by atoms with Crippen LogP contribution in [0, 0.1) is 11.8 Å². The van der Waals surface area contributed by atoms with Crippen molar-refractivity contribution in [2.45, 2.75) is 79.1 Å². The fourth-order valence-corrected chi connectivity index (χ4v) is 2.84. The monoisotopic (exact) mass is 495 g/mol. The van der Waals surface area contributed by atoms with Crippen molar-refractivity contribution in [3.05, 3.63) is 23.8 Å². The van der Waals surface area contributed by atoms with Gasteiger partial charge < -0.3 is 29.4 Å². The molecule has 0 spiro atoms. The van der Waals surface area contributed by atoms with E-state index in [0.717, 1.165) is 0 Å².